The molecule has 0 bridgehead atoms. The van der Waals surface area contributed by atoms with Gasteiger partial charge in [0, 0.05) is 34.2 Å². The summed E-state index contributed by atoms with van der Waals surface area (Å²) in [6.07, 6.45) is 3.87. The van der Waals surface area contributed by atoms with Crippen LogP contribution in [-0.4, -0.2) is 10.9 Å². The van der Waals surface area contributed by atoms with Crippen LogP contribution >= 0.6 is 22.9 Å². The molecule has 0 atom stereocenters. The van der Waals surface area contributed by atoms with Gasteiger partial charge in [0.2, 0.25) is 0 Å². The zero-order chi connectivity index (χ0) is 22.5. The van der Waals surface area contributed by atoms with Gasteiger partial charge in [-0.05, 0) is 36.8 Å². The number of aromatic nitrogens is 1. The van der Waals surface area contributed by atoms with Crippen molar-refractivity contribution in [2.24, 2.45) is 0 Å². The normalized spacial score (nSPS) is 11.2. The molecule has 0 aliphatic rings. The Bertz CT molecular complexity index is 1330. The van der Waals surface area contributed by atoms with Gasteiger partial charge < -0.3 is 4.42 Å². The third-order valence-electron chi connectivity index (χ3n) is 4.66. The molecule has 1 N–H and O–H groups in total. The second-order valence-corrected chi connectivity index (χ2v) is 8.68. The third kappa shape index (κ3) is 5.33. The Morgan fingerprint density at radius 3 is 2.78 bits per heavy atom. The molecule has 0 saturated carbocycles. The van der Waals surface area contributed by atoms with E-state index in [1.54, 1.807) is 30.5 Å². The smallest absolute Gasteiger partial charge is 0.268 e. The minimum Gasteiger partial charge on any atom is -0.457 e. The summed E-state index contributed by atoms with van der Waals surface area (Å²) < 4.78 is 5.76. The second-order valence-electron chi connectivity index (χ2n) is 7.13. The number of carbonyl (C=O) groups excluding carboxylic acids is 1. The maximum absolute atomic E-state index is 12.6. The van der Waals surface area contributed by atoms with Crippen molar-refractivity contribution in [1.29, 1.82) is 5.26 Å². The highest BCUT2D eigenvalue weighted by molar-refractivity contribution is 7.15. The van der Waals surface area contributed by atoms with Crippen LogP contribution < -0.4 is 5.32 Å². The fraction of sp³-hybridized carbons (Fsp3) is 0.0800. The lowest BCUT2D eigenvalue weighted by molar-refractivity contribution is -0.112. The first-order valence-corrected chi connectivity index (χ1v) is 11.0. The van der Waals surface area contributed by atoms with Gasteiger partial charge in [-0.15, -0.1) is 11.3 Å². The molecule has 0 saturated heterocycles. The summed E-state index contributed by atoms with van der Waals surface area (Å²) in [6, 6.07) is 20.9. The number of rotatable bonds is 6. The summed E-state index contributed by atoms with van der Waals surface area (Å²) in [5, 5.41) is 13.2. The standard InChI is InChI=1S/C25H18ClN3O2S/c1-16-5-7-17(8-6-16)11-22-15-28-25(32-22)29-24(30)19(14-27)13-21-9-10-23(31-21)18-3-2-4-20(26)12-18/h2-10,12-13,15H,11H2,1H3,(H,28,29,30)/b19-13-. The van der Waals surface area contributed by atoms with Crippen molar-refractivity contribution in [3.8, 4) is 17.4 Å². The molecule has 4 rings (SSSR count). The predicted molar refractivity (Wildman–Crippen MR) is 127 cm³/mol. The number of hydrogen-bond acceptors (Lipinski definition) is 5. The highest BCUT2D eigenvalue weighted by Gasteiger charge is 2.14. The molecule has 2 aromatic heterocycles. The SMILES string of the molecule is Cc1ccc(Cc2cnc(NC(=O)/C(C#N)=C\c3ccc(-c4cccc(Cl)c4)o3)s2)cc1. The molecule has 32 heavy (non-hydrogen) atoms. The molecule has 0 aliphatic heterocycles. The van der Waals surface area contributed by atoms with E-state index in [1.165, 1.54) is 28.5 Å². The summed E-state index contributed by atoms with van der Waals surface area (Å²) in [5.41, 5.74) is 3.11. The lowest BCUT2D eigenvalue weighted by atomic mass is 10.1. The summed E-state index contributed by atoms with van der Waals surface area (Å²) >= 11 is 7.41. The van der Waals surface area contributed by atoms with Crippen LogP contribution in [0.1, 0.15) is 21.8 Å². The van der Waals surface area contributed by atoms with Crippen LogP contribution in [0.3, 0.4) is 0 Å². The highest BCUT2D eigenvalue weighted by atomic mass is 35.5. The molecule has 2 aromatic carbocycles. The van der Waals surface area contributed by atoms with Gasteiger partial charge in [-0.3, -0.25) is 10.1 Å². The van der Waals surface area contributed by atoms with E-state index < -0.39 is 5.91 Å². The number of halogens is 1. The van der Waals surface area contributed by atoms with Crippen LogP contribution in [0.25, 0.3) is 17.4 Å². The minimum absolute atomic E-state index is 0.0766. The Morgan fingerprint density at radius 1 is 1.22 bits per heavy atom. The van der Waals surface area contributed by atoms with Crippen molar-refractivity contribution in [3.05, 3.63) is 99.2 Å². The van der Waals surface area contributed by atoms with E-state index in [2.05, 4.69) is 34.6 Å². The Morgan fingerprint density at radius 2 is 2.03 bits per heavy atom. The minimum atomic E-state index is -0.538. The molecule has 2 heterocycles. The summed E-state index contributed by atoms with van der Waals surface area (Å²) in [6.45, 7) is 2.05. The molecular weight excluding hydrogens is 442 g/mol. The number of hydrogen-bond donors (Lipinski definition) is 1. The number of furan rings is 1. The summed E-state index contributed by atoms with van der Waals surface area (Å²) in [5.74, 6) is 0.451. The Labute approximate surface area is 194 Å². The number of carbonyl (C=O) groups is 1. The molecule has 158 valence electrons. The van der Waals surface area contributed by atoms with Crippen LogP contribution in [0.4, 0.5) is 5.13 Å². The monoisotopic (exact) mass is 459 g/mol. The number of thiazole rings is 1. The van der Waals surface area contributed by atoms with Crippen LogP contribution in [0.5, 0.6) is 0 Å². The number of benzene rings is 2. The largest absolute Gasteiger partial charge is 0.457 e. The Kier molecular flexibility index (Phi) is 6.50. The van der Waals surface area contributed by atoms with E-state index in [1.807, 2.05) is 25.1 Å². The molecule has 0 spiro atoms. The maximum Gasteiger partial charge on any atom is 0.268 e. The molecule has 0 fully saturated rings. The van der Waals surface area contributed by atoms with Gasteiger partial charge in [0.1, 0.15) is 23.2 Å². The fourth-order valence-electron chi connectivity index (χ4n) is 3.04. The van der Waals surface area contributed by atoms with E-state index in [4.69, 9.17) is 16.0 Å². The third-order valence-corrected chi connectivity index (χ3v) is 5.81. The molecule has 1 amide bonds. The van der Waals surface area contributed by atoms with Crippen molar-refractivity contribution < 1.29 is 9.21 Å². The van der Waals surface area contributed by atoms with Gasteiger partial charge in [-0.25, -0.2) is 4.98 Å². The molecule has 0 unspecified atom stereocenters. The maximum atomic E-state index is 12.6. The number of nitriles is 1. The first-order chi connectivity index (χ1) is 15.5. The Balaban J connectivity index is 1.44. The molecular formula is C25H18ClN3O2S. The zero-order valence-corrected chi connectivity index (χ0v) is 18.7. The summed E-state index contributed by atoms with van der Waals surface area (Å²) in [4.78, 5) is 17.9. The number of anilines is 1. The van der Waals surface area contributed by atoms with Crippen molar-refractivity contribution in [3.63, 3.8) is 0 Å². The molecule has 0 aliphatic carbocycles. The van der Waals surface area contributed by atoms with E-state index in [9.17, 15) is 10.1 Å². The molecule has 7 heteroatoms. The van der Waals surface area contributed by atoms with Crippen LogP contribution in [0.15, 0.2) is 76.9 Å². The predicted octanol–water partition coefficient (Wildman–Crippen LogP) is 6.50. The zero-order valence-electron chi connectivity index (χ0n) is 17.1. The average Bonchev–Trinajstić information content (AvgIpc) is 3.43. The number of nitrogens with one attached hydrogen (secondary N) is 1. The van der Waals surface area contributed by atoms with Crippen molar-refractivity contribution in [2.75, 3.05) is 5.32 Å². The first kappa shape index (κ1) is 21.6. The van der Waals surface area contributed by atoms with E-state index >= 15 is 0 Å². The number of aryl methyl sites for hydroxylation is 1. The molecule has 5 nitrogen and oxygen atoms in total. The van der Waals surface area contributed by atoms with Gasteiger partial charge >= 0.3 is 0 Å². The lowest BCUT2D eigenvalue weighted by Crippen LogP contribution is -2.13. The lowest BCUT2D eigenvalue weighted by Gasteiger charge is -2.00. The number of nitrogens with zero attached hydrogens (tertiary/aromatic N) is 2. The van der Waals surface area contributed by atoms with Crippen LogP contribution in [0.2, 0.25) is 5.02 Å². The fourth-order valence-corrected chi connectivity index (χ4v) is 4.07. The van der Waals surface area contributed by atoms with Gasteiger partial charge in [-0.1, -0.05) is 53.6 Å². The van der Waals surface area contributed by atoms with E-state index in [0.717, 1.165) is 16.9 Å². The van der Waals surface area contributed by atoms with Crippen molar-refractivity contribution in [2.45, 2.75) is 13.3 Å². The Hall–Kier alpha value is -3.66. The van der Waals surface area contributed by atoms with Crippen LogP contribution in [0, 0.1) is 18.3 Å². The molecule has 0 radical (unpaired) electrons. The van der Waals surface area contributed by atoms with Crippen molar-refractivity contribution >= 4 is 40.1 Å². The van der Waals surface area contributed by atoms with Crippen LogP contribution in [-0.2, 0) is 11.2 Å². The van der Waals surface area contributed by atoms with Gasteiger partial charge in [0.25, 0.3) is 5.91 Å². The van der Waals surface area contributed by atoms with Crippen molar-refractivity contribution in [1.82, 2.24) is 4.98 Å². The van der Waals surface area contributed by atoms with Gasteiger partial charge in [-0.2, -0.15) is 5.26 Å². The quantitative estimate of drug-likeness (QED) is 0.263. The van der Waals surface area contributed by atoms with Gasteiger partial charge in [0.05, 0.1) is 0 Å². The number of amides is 1. The highest BCUT2D eigenvalue weighted by Crippen LogP contribution is 2.26. The first-order valence-electron chi connectivity index (χ1n) is 9.79. The topological polar surface area (TPSA) is 78.9 Å². The second kappa shape index (κ2) is 9.65. The molecule has 4 aromatic rings. The van der Waals surface area contributed by atoms with E-state index in [0.29, 0.717) is 21.7 Å². The van der Waals surface area contributed by atoms with E-state index in [-0.39, 0.29) is 5.57 Å². The van der Waals surface area contributed by atoms with Gasteiger partial charge in [0.15, 0.2) is 5.13 Å². The summed E-state index contributed by atoms with van der Waals surface area (Å²) in [7, 11) is 0. The average molecular weight is 460 g/mol.